The smallest absolute Gasteiger partial charge is 0.323 e. The second-order valence-corrected chi connectivity index (χ2v) is 5.72. The van der Waals surface area contributed by atoms with E-state index in [1.165, 1.54) is 4.90 Å². The quantitative estimate of drug-likeness (QED) is 0.863. The van der Waals surface area contributed by atoms with Crippen molar-refractivity contribution in [2.75, 3.05) is 26.3 Å². The van der Waals surface area contributed by atoms with Gasteiger partial charge in [-0.1, -0.05) is 19.9 Å². The van der Waals surface area contributed by atoms with Crippen LogP contribution in [0.5, 0.6) is 11.5 Å². The van der Waals surface area contributed by atoms with Crippen LogP contribution in [0.3, 0.4) is 0 Å². The standard InChI is InChI=1S/C16H21NO5/c1-11(2)9-17(10-16(19)20)15(18)8-12-3-4-13-14(7-12)22-6-5-21-13/h3-4,7,11H,5-6,8-10H2,1-2H3,(H,19,20). The molecule has 22 heavy (non-hydrogen) atoms. The number of ether oxygens (including phenoxy) is 2. The number of carbonyl (C=O) groups excluding carboxylic acids is 1. The fourth-order valence-corrected chi connectivity index (χ4v) is 2.34. The fourth-order valence-electron chi connectivity index (χ4n) is 2.34. The van der Waals surface area contributed by atoms with E-state index < -0.39 is 5.97 Å². The number of aliphatic carboxylic acids is 1. The van der Waals surface area contributed by atoms with Gasteiger partial charge >= 0.3 is 5.97 Å². The molecule has 0 spiro atoms. The van der Waals surface area contributed by atoms with Gasteiger partial charge < -0.3 is 19.5 Å². The lowest BCUT2D eigenvalue weighted by molar-refractivity contribution is -0.144. The Morgan fingerprint density at radius 1 is 1.23 bits per heavy atom. The second kappa shape index (κ2) is 7.15. The van der Waals surface area contributed by atoms with Crippen molar-refractivity contribution in [3.05, 3.63) is 23.8 Å². The van der Waals surface area contributed by atoms with Crippen LogP contribution in [0.1, 0.15) is 19.4 Å². The van der Waals surface area contributed by atoms with Gasteiger partial charge in [0.1, 0.15) is 19.8 Å². The summed E-state index contributed by atoms with van der Waals surface area (Å²) in [5.74, 6) is 0.310. The summed E-state index contributed by atoms with van der Waals surface area (Å²) >= 11 is 0. The van der Waals surface area contributed by atoms with Crippen molar-refractivity contribution in [1.82, 2.24) is 4.90 Å². The van der Waals surface area contributed by atoms with Crippen LogP contribution in [0.2, 0.25) is 0 Å². The van der Waals surface area contributed by atoms with Crippen LogP contribution < -0.4 is 9.47 Å². The van der Waals surface area contributed by atoms with E-state index in [-0.39, 0.29) is 24.8 Å². The van der Waals surface area contributed by atoms with E-state index in [4.69, 9.17) is 14.6 Å². The predicted octanol–water partition coefficient (Wildman–Crippen LogP) is 1.57. The second-order valence-electron chi connectivity index (χ2n) is 5.72. The minimum absolute atomic E-state index is 0.149. The molecular formula is C16H21NO5. The molecule has 6 heteroatoms. The molecule has 6 nitrogen and oxygen atoms in total. The van der Waals surface area contributed by atoms with Crippen molar-refractivity contribution in [3.8, 4) is 11.5 Å². The van der Waals surface area contributed by atoms with E-state index >= 15 is 0 Å². The van der Waals surface area contributed by atoms with Crippen LogP contribution >= 0.6 is 0 Å². The number of carbonyl (C=O) groups is 2. The molecule has 0 saturated heterocycles. The molecule has 1 aromatic carbocycles. The normalized spacial score (nSPS) is 13.0. The largest absolute Gasteiger partial charge is 0.486 e. The van der Waals surface area contributed by atoms with Gasteiger partial charge in [0.25, 0.3) is 0 Å². The van der Waals surface area contributed by atoms with Crippen molar-refractivity contribution in [2.45, 2.75) is 20.3 Å². The first-order valence-electron chi connectivity index (χ1n) is 7.34. The molecule has 1 heterocycles. The van der Waals surface area contributed by atoms with Crippen LogP contribution in [-0.4, -0.2) is 48.2 Å². The first kappa shape index (κ1) is 16.1. The van der Waals surface area contributed by atoms with Gasteiger partial charge in [-0.2, -0.15) is 0 Å². The van der Waals surface area contributed by atoms with Gasteiger partial charge in [0, 0.05) is 6.54 Å². The monoisotopic (exact) mass is 307 g/mol. The molecule has 0 unspecified atom stereocenters. The van der Waals surface area contributed by atoms with Crippen LogP contribution in [-0.2, 0) is 16.0 Å². The molecule has 120 valence electrons. The van der Waals surface area contributed by atoms with E-state index in [1.807, 2.05) is 13.8 Å². The topological polar surface area (TPSA) is 76.1 Å². The predicted molar refractivity (Wildman–Crippen MR) is 80.2 cm³/mol. The summed E-state index contributed by atoms with van der Waals surface area (Å²) in [6, 6.07) is 5.36. The molecule has 0 atom stereocenters. The number of hydrogen-bond acceptors (Lipinski definition) is 4. The number of fused-ring (bicyclic) bond motifs is 1. The minimum Gasteiger partial charge on any atom is -0.486 e. The highest BCUT2D eigenvalue weighted by Crippen LogP contribution is 2.30. The van der Waals surface area contributed by atoms with Gasteiger partial charge in [0.15, 0.2) is 11.5 Å². The Kier molecular flexibility index (Phi) is 5.25. The molecule has 0 saturated carbocycles. The lowest BCUT2D eigenvalue weighted by Gasteiger charge is -2.23. The first-order chi connectivity index (χ1) is 10.5. The minimum atomic E-state index is -1.00. The maximum atomic E-state index is 12.3. The third-order valence-electron chi connectivity index (χ3n) is 3.23. The summed E-state index contributed by atoms with van der Waals surface area (Å²) in [7, 11) is 0. The molecule has 0 aromatic heterocycles. The van der Waals surface area contributed by atoms with E-state index in [0.717, 1.165) is 5.56 Å². The van der Waals surface area contributed by atoms with Crippen LogP contribution in [0.25, 0.3) is 0 Å². The van der Waals surface area contributed by atoms with Gasteiger partial charge in [-0.3, -0.25) is 9.59 Å². The molecular weight excluding hydrogens is 286 g/mol. The molecule has 0 radical (unpaired) electrons. The van der Waals surface area contributed by atoms with Gasteiger partial charge in [-0.05, 0) is 23.6 Å². The number of hydrogen-bond donors (Lipinski definition) is 1. The molecule has 0 bridgehead atoms. The van der Waals surface area contributed by atoms with Crippen molar-refractivity contribution in [2.24, 2.45) is 5.92 Å². The van der Waals surface area contributed by atoms with Crippen LogP contribution in [0, 0.1) is 5.92 Å². The van der Waals surface area contributed by atoms with E-state index in [2.05, 4.69) is 0 Å². The molecule has 1 aromatic rings. The lowest BCUT2D eigenvalue weighted by atomic mass is 10.1. The molecule has 0 aliphatic carbocycles. The Morgan fingerprint density at radius 2 is 1.91 bits per heavy atom. The SMILES string of the molecule is CC(C)CN(CC(=O)O)C(=O)Cc1ccc2c(c1)OCCO2. The Hall–Kier alpha value is -2.24. The summed E-state index contributed by atoms with van der Waals surface area (Å²) in [5, 5.41) is 8.94. The summed E-state index contributed by atoms with van der Waals surface area (Å²) < 4.78 is 10.9. The molecule has 1 N–H and O–H groups in total. The summed E-state index contributed by atoms with van der Waals surface area (Å²) in [6.07, 6.45) is 0.149. The Labute approximate surface area is 129 Å². The highest BCUT2D eigenvalue weighted by molar-refractivity contribution is 5.83. The third kappa shape index (κ3) is 4.38. The summed E-state index contributed by atoms with van der Waals surface area (Å²) in [5.41, 5.74) is 0.786. The highest BCUT2D eigenvalue weighted by Gasteiger charge is 2.19. The van der Waals surface area contributed by atoms with Gasteiger partial charge in [0.2, 0.25) is 5.91 Å². The molecule has 1 aliphatic heterocycles. The van der Waals surface area contributed by atoms with Gasteiger partial charge in [-0.25, -0.2) is 0 Å². The molecule has 1 amide bonds. The zero-order valence-corrected chi connectivity index (χ0v) is 12.9. The van der Waals surface area contributed by atoms with Crippen molar-refractivity contribution < 1.29 is 24.2 Å². The maximum absolute atomic E-state index is 12.3. The number of nitrogens with zero attached hydrogens (tertiary/aromatic N) is 1. The number of benzene rings is 1. The number of carboxylic acid groups (broad SMARTS) is 1. The summed E-state index contributed by atoms with van der Waals surface area (Å²) in [4.78, 5) is 24.6. The zero-order chi connectivity index (χ0) is 16.1. The van der Waals surface area contributed by atoms with Crippen LogP contribution in [0.15, 0.2) is 18.2 Å². The van der Waals surface area contributed by atoms with E-state index in [1.54, 1.807) is 18.2 Å². The average Bonchev–Trinajstić information content (AvgIpc) is 2.45. The Balaban J connectivity index is 2.06. The van der Waals surface area contributed by atoms with Crippen molar-refractivity contribution in [1.29, 1.82) is 0 Å². The van der Waals surface area contributed by atoms with Crippen LogP contribution in [0.4, 0.5) is 0 Å². The number of rotatable bonds is 6. The number of carboxylic acids is 1. The number of amides is 1. The Bertz CT molecular complexity index is 555. The maximum Gasteiger partial charge on any atom is 0.323 e. The zero-order valence-electron chi connectivity index (χ0n) is 12.9. The highest BCUT2D eigenvalue weighted by atomic mass is 16.6. The van der Waals surface area contributed by atoms with E-state index in [9.17, 15) is 9.59 Å². The first-order valence-corrected chi connectivity index (χ1v) is 7.34. The van der Waals surface area contributed by atoms with Crippen molar-refractivity contribution >= 4 is 11.9 Å². The van der Waals surface area contributed by atoms with Crippen molar-refractivity contribution in [3.63, 3.8) is 0 Å². The summed E-state index contributed by atoms with van der Waals surface area (Å²) in [6.45, 7) is 5.06. The third-order valence-corrected chi connectivity index (χ3v) is 3.23. The molecule has 1 aliphatic rings. The van der Waals surface area contributed by atoms with Gasteiger partial charge in [0.05, 0.1) is 6.42 Å². The fraction of sp³-hybridized carbons (Fsp3) is 0.500. The van der Waals surface area contributed by atoms with Gasteiger partial charge in [-0.15, -0.1) is 0 Å². The molecule has 0 fully saturated rings. The Morgan fingerprint density at radius 3 is 2.55 bits per heavy atom. The average molecular weight is 307 g/mol. The lowest BCUT2D eigenvalue weighted by Crippen LogP contribution is -2.39. The van der Waals surface area contributed by atoms with E-state index in [0.29, 0.717) is 31.3 Å². The molecule has 2 rings (SSSR count).